The highest BCUT2D eigenvalue weighted by Gasteiger charge is 2.10. The third kappa shape index (κ3) is 2.31. The molecule has 0 aromatic carbocycles. The van der Waals surface area contributed by atoms with Crippen molar-refractivity contribution >= 4 is 15.9 Å². The largest absolute Gasteiger partial charge is 0.319 e. The smallest absolute Gasteiger partial charge is 0.0766 e. The molecule has 1 rings (SSSR count). The van der Waals surface area contributed by atoms with Gasteiger partial charge in [0.15, 0.2) is 0 Å². The van der Waals surface area contributed by atoms with Crippen LogP contribution in [0.1, 0.15) is 18.3 Å². The fraction of sp³-hybridized carbons (Fsp3) is 0.667. The van der Waals surface area contributed by atoms with Crippen LogP contribution in [0.3, 0.4) is 0 Å². The summed E-state index contributed by atoms with van der Waals surface area (Å²) in [7, 11) is 3.96. The Hall–Kier alpha value is -0.350. The number of aromatic nitrogens is 2. The summed E-state index contributed by atoms with van der Waals surface area (Å²) in [4.78, 5) is 0. The first-order valence-electron chi connectivity index (χ1n) is 4.55. The first-order valence-corrected chi connectivity index (χ1v) is 5.34. The highest BCUT2D eigenvalue weighted by Crippen LogP contribution is 2.21. The molecular weight excluding hydrogens is 230 g/mol. The van der Waals surface area contributed by atoms with Gasteiger partial charge in [-0.15, -0.1) is 0 Å². The Kier molecular flexibility index (Phi) is 3.93. The van der Waals surface area contributed by atoms with Gasteiger partial charge in [0.25, 0.3) is 0 Å². The molecule has 0 spiro atoms. The molecular formula is C9H16BrN3. The standard InChI is InChI=1S/C9H16BrN3/c1-4-7-9(10)8(5-6-11-2)13(3)12-7/h11H,4-6H2,1-3H3. The molecule has 0 aliphatic heterocycles. The van der Waals surface area contributed by atoms with Crippen LogP contribution in [0.25, 0.3) is 0 Å². The molecule has 3 nitrogen and oxygen atoms in total. The third-order valence-electron chi connectivity index (χ3n) is 2.11. The van der Waals surface area contributed by atoms with Crippen molar-refractivity contribution in [2.24, 2.45) is 7.05 Å². The summed E-state index contributed by atoms with van der Waals surface area (Å²) in [6, 6.07) is 0. The summed E-state index contributed by atoms with van der Waals surface area (Å²) in [6.45, 7) is 3.11. The fourth-order valence-corrected chi connectivity index (χ4v) is 2.15. The molecule has 13 heavy (non-hydrogen) atoms. The van der Waals surface area contributed by atoms with Gasteiger partial charge in [-0.2, -0.15) is 5.10 Å². The molecule has 0 aliphatic rings. The van der Waals surface area contributed by atoms with Crippen LogP contribution in [0.4, 0.5) is 0 Å². The zero-order valence-corrected chi connectivity index (χ0v) is 9.98. The first kappa shape index (κ1) is 10.7. The van der Waals surface area contributed by atoms with Gasteiger partial charge in [-0.05, 0) is 29.4 Å². The minimum Gasteiger partial charge on any atom is -0.319 e. The number of nitrogens with zero attached hydrogens (tertiary/aromatic N) is 2. The Bertz CT molecular complexity index is 281. The van der Waals surface area contributed by atoms with Gasteiger partial charge < -0.3 is 5.32 Å². The second-order valence-electron chi connectivity index (χ2n) is 3.04. The van der Waals surface area contributed by atoms with Crippen molar-refractivity contribution in [1.29, 1.82) is 0 Å². The number of nitrogens with one attached hydrogen (secondary N) is 1. The lowest BCUT2D eigenvalue weighted by molar-refractivity contribution is 0.673. The Balaban J connectivity index is 2.85. The second-order valence-corrected chi connectivity index (χ2v) is 3.83. The maximum Gasteiger partial charge on any atom is 0.0766 e. The van der Waals surface area contributed by atoms with Gasteiger partial charge in [0, 0.05) is 20.0 Å². The van der Waals surface area contributed by atoms with E-state index in [0.717, 1.165) is 25.1 Å². The van der Waals surface area contributed by atoms with Crippen LogP contribution < -0.4 is 5.32 Å². The Morgan fingerprint density at radius 1 is 1.54 bits per heavy atom. The summed E-state index contributed by atoms with van der Waals surface area (Å²) in [5.41, 5.74) is 2.42. The lowest BCUT2D eigenvalue weighted by atomic mass is 10.2. The van der Waals surface area contributed by atoms with Crippen molar-refractivity contribution in [3.63, 3.8) is 0 Å². The number of likely N-dealkylation sites (N-methyl/N-ethyl adjacent to an activating group) is 1. The molecule has 4 heteroatoms. The van der Waals surface area contributed by atoms with Gasteiger partial charge in [-0.25, -0.2) is 0 Å². The fourth-order valence-electron chi connectivity index (χ4n) is 1.33. The highest BCUT2D eigenvalue weighted by atomic mass is 79.9. The molecule has 1 N–H and O–H groups in total. The van der Waals surface area contributed by atoms with E-state index in [2.05, 4.69) is 33.3 Å². The second kappa shape index (κ2) is 4.77. The maximum atomic E-state index is 4.42. The molecule has 0 atom stereocenters. The summed E-state index contributed by atoms with van der Waals surface area (Å²) in [6.07, 6.45) is 1.99. The van der Waals surface area contributed by atoms with Gasteiger partial charge in [0.05, 0.1) is 15.9 Å². The minimum absolute atomic E-state index is 0.980. The monoisotopic (exact) mass is 245 g/mol. The molecule has 0 amide bonds. The van der Waals surface area contributed by atoms with Crippen LogP contribution in [0, 0.1) is 0 Å². The predicted molar refractivity (Wildman–Crippen MR) is 57.9 cm³/mol. The van der Waals surface area contributed by atoms with Crippen LogP contribution in [0.5, 0.6) is 0 Å². The van der Waals surface area contributed by atoms with Crippen molar-refractivity contribution in [2.45, 2.75) is 19.8 Å². The van der Waals surface area contributed by atoms with E-state index in [4.69, 9.17) is 0 Å². The van der Waals surface area contributed by atoms with Crippen LogP contribution in [-0.2, 0) is 19.9 Å². The molecule has 0 radical (unpaired) electrons. The number of hydrogen-bond acceptors (Lipinski definition) is 2. The molecule has 0 saturated heterocycles. The molecule has 0 saturated carbocycles. The van der Waals surface area contributed by atoms with E-state index >= 15 is 0 Å². The molecule has 1 heterocycles. The van der Waals surface area contributed by atoms with Crippen LogP contribution in [0.2, 0.25) is 0 Å². The topological polar surface area (TPSA) is 29.9 Å². The van der Waals surface area contributed by atoms with E-state index in [1.54, 1.807) is 0 Å². The first-order chi connectivity index (χ1) is 6.20. The Morgan fingerprint density at radius 3 is 2.69 bits per heavy atom. The van der Waals surface area contributed by atoms with Crippen molar-refractivity contribution in [1.82, 2.24) is 15.1 Å². The molecule has 0 bridgehead atoms. The normalized spacial score (nSPS) is 10.8. The lowest BCUT2D eigenvalue weighted by Gasteiger charge is -2.01. The molecule has 1 aromatic heterocycles. The maximum absolute atomic E-state index is 4.42. The van der Waals surface area contributed by atoms with Gasteiger partial charge >= 0.3 is 0 Å². The average Bonchev–Trinajstić information content (AvgIpc) is 2.39. The van der Waals surface area contributed by atoms with E-state index < -0.39 is 0 Å². The molecule has 1 aromatic rings. The zero-order chi connectivity index (χ0) is 9.84. The van der Waals surface area contributed by atoms with E-state index in [1.165, 1.54) is 10.2 Å². The third-order valence-corrected chi connectivity index (χ3v) is 3.03. The van der Waals surface area contributed by atoms with Crippen molar-refractivity contribution < 1.29 is 0 Å². The van der Waals surface area contributed by atoms with Crippen LogP contribution >= 0.6 is 15.9 Å². The van der Waals surface area contributed by atoms with Crippen LogP contribution in [0.15, 0.2) is 4.47 Å². The number of hydrogen-bond donors (Lipinski definition) is 1. The molecule has 0 unspecified atom stereocenters. The summed E-state index contributed by atoms with van der Waals surface area (Å²) in [5, 5.41) is 7.56. The van der Waals surface area contributed by atoms with Gasteiger partial charge in [0.1, 0.15) is 0 Å². The molecule has 0 fully saturated rings. The molecule has 0 aliphatic carbocycles. The van der Waals surface area contributed by atoms with Crippen molar-refractivity contribution in [2.75, 3.05) is 13.6 Å². The van der Waals surface area contributed by atoms with E-state index in [-0.39, 0.29) is 0 Å². The SMILES string of the molecule is CCc1nn(C)c(CCNC)c1Br. The summed E-state index contributed by atoms with van der Waals surface area (Å²) >= 11 is 3.58. The summed E-state index contributed by atoms with van der Waals surface area (Å²) < 4.78 is 3.13. The van der Waals surface area contributed by atoms with Gasteiger partial charge in [0.2, 0.25) is 0 Å². The van der Waals surface area contributed by atoms with E-state index in [0.29, 0.717) is 0 Å². The van der Waals surface area contributed by atoms with Gasteiger partial charge in [-0.1, -0.05) is 6.92 Å². The van der Waals surface area contributed by atoms with Gasteiger partial charge in [-0.3, -0.25) is 4.68 Å². The number of rotatable bonds is 4. The molecule has 74 valence electrons. The minimum atomic E-state index is 0.980. The quantitative estimate of drug-likeness (QED) is 0.872. The van der Waals surface area contributed by atoms with Crippen LogP contribution in [-0.4, -0.2) is 23.4 Å². The van der Waals surface area contributed by atoms with E-state index in [1.807, 2.05) is 18.8 Å². The van der Waals surface area contributed by atoms with Crippen molar-refractivity contribution in [3.05, 3.63) is 15.9 Å². The Labute approximate surface area is 87.6 Å². The average molecular weight is 246 g/mol. The summed E-state index contributed by atoms with van der Waals surface area (Å²) in [5.74, 6) is 0. The lowest BCUT2D eigenvalue weighted by Crippen LogP contribution is -2.12. The Morgan fingerprint density at radius 2 is 2.23 bits per heavy atom. The zero-order valence-electron chi connectivity index (χ0n) is 8.39. The number of halogens is 1. The predicted octanol–water partition coefficient (Wildman–Crippen LogP) is 1.51. The van der Waals surface area contributed by atoms with E-state index in [9.17, 15) is 0 Å². The highest BCUT2D eigenvalue weighted by molar-refractivity contribution is 9.10. The number of aryl methyl sites for hydroxylation is 2. The van der Waals surface area contributed by atoms with Crippen molar-refractivity contribution in [3.8, 4) is 0 Å².